The number of hydrogen-bond acceptors (Lipinski definition) is 4. The van der Waals surface area contributed by atoms with Gasteiger partial charge in [-0.2, -0.15) is 0 Å². The van der Waals surface area contributed by atoms with Crippen LogP contribution in [0.4, 0.5) is 0 Å². The maximum atomic E-state index is 8.61. The number of aliphatic hydroxyl groups is 2. The quantitative estimate of drug-likeness (QED) is 0.385. The summed E-state index contributed by atoms with van der Waals surface area (Å²) < 4.78 is 0. The molecule has 0 fully saturated rings. The van der Waals surface area contributed by atoms with Gasteiger partial charge in [-0.3, -0.25) is 16.0 Å². The first kappa shape index (κ1) is 15.0. The van der Waals surface area contributed by atoms with Gasteiger partial charge in [-0.05, 0) is 12.1 Å². The molecule has 1 rings (SSSR count). The van der Waals surface area contributed by atoms with Crippen LogP contribution in [0.5, 0.6) is 0 Å². The van der Waals surface area contributed by atoms with Crippen molar-refractivity contribution in [2.24, 2.45) is 11.0 Å². The smallest absolute Gasteiger partial charge is 0.119 e. The molecule has 0 unspecified atom stereocenters. The topological polar surface area (TPSA) is 105 Å². The summed E-state index contributed by atoms with van der Waals surface area (Å²) in [4.78, 5) is 3.91. The molecule has 0 aliphatic rings. The molecule has 6 N–H and O–H groups in total. The van der Waals surface area contributed by atoms with E-state index < -0.39 is 5.54 Å². The van der Waals surface area contributed by atoms with E-state index in [2.05, 4.69) is 29.0 Å². The van der Waals surface area contributed by atoms with Crippen LogP contribution in [0.25, 0.3) is 0 Å². The Labute approximate surface area is 98.8 Å². The molecule has 5 nitrogen and oxygen atoms in total. The maximum absolute atomic E-state index is 8.61. The summed E-state index contributed by atoms with van der Waals surface area (Å²) in [5.74, 6) is 0. The molecule has 8 heteroatoms. The molecule has 1 aromatic heterocycles. The molecule has 0 saturated heterocycles. The predicted octanol–water partition coefficient (Wildman–Crippen LogP) is 0.124. The van der Waals surface area contributed by atoms with E-state index in [0.29, 0.717) is 11.4 Å². The van der Waals surface area contributed by atoms with Crippen LogP contribution in [0, 0.1) is 0 Å². The average Bonchev–Trinajstić information content (AvgIpc) is 2.15. The Bertz CT molecular complexity index is 317. The molecule has 0 atom stereocenters. The van der Waals surface area contributed by atoms with E-state index in [9.17, 15) is 0 Å². The van der Waals surface area contributed by atoms with Gasteiger partial charge in [0.25, 0.3) is 0 Å². The van der Waals surface area contributed by atoms with Crippen molar-refractivity contribution in [3.63, 3.8) is 0 Å². The van der Waals surface area contributed by atoms with E-state index in [1.807, 2.05) is 0 Å². The second-order valence-corrected chi connectivity index (χ2v) is 8.56. The summed E-state index contributed by atoms with van der Waals surface area (Å²) in [7, 11) is 0. The lowest BCUT2D eigenvalue weighted by Crippen LogP contribution is -1.94. The third-order valence-electron chi connectivity index (χ3n) is 1.19. The molecule has 86 valence electrons. The Morgan fingerprint density at radius 2 is 1.60 bits per heavy atom. The van der Waals surface area contributed by atoms with E-state index in [0.717, 1.165) is 0 Å². The zero-order valence-electron chi connectivity index (χ0n) is 7.95. The van der Waals surface area contributed by atoms with Crippen LogP contribution in [-0.2, 0) is 25.0 Å². The molecule has 0 bridgehead atoms. The third-order valence-corrected chi connectivity index (χ3v) is 1.19. The number of aliphatic hydroxyl groups excluding tert-OH is 2. The normalized spacial score (nSPS) is 10.5. The van der Waals surface area contributed by atoms with Gasteiger partial charge in [-0.25, -0.2) is 0 Å². The predicted molar refractivity (Wildman–Crippen MR) is 67.7 cm³/mol. The summed E-state index contributed by atoms with van der Waals surface area (Å²) in [6, 6.07) is 5.17. The van der Waals surface area contributed by atoms with E-state index in [1.54, 1.807) is 18.2 Å². The number of rotatable bonds is 2. The number of nitrogens with zero attached hydrogens (tertiary/aromatic N) is 1. The fraction of sp³-hybridized carbons (Fsp3) is 0.286. The Morgan fingerprint density at radius 1 is 1.27 bits per heavy atom. The van der Waals surface area contributed by atoms with Crippen LogP contribution >= 0.6 is 17.8 Å². The van der Waals surface area contributed by atoms with Crippen molar-refractivity contribution in [3.05, 3.63) is 29.6 Å². The van der Waals surface area contributed by atoms with E-state index in [-0.39, 0.29) is 13.2 Å². The Hall–Kier alpha value is -0.0100. The zero-order valence-corrected chi connectivity index (χ0v) is 10.6. The molecule has 0 saturated carbocycles. The van der Waals surface area contributed by atoms with Crippen molar-refractivity contribution in [3.8, 4) is 0 Å². The van der Waals surface area contributed by atoms with E-state index >= 15 is 0 Å². The first-order valence-corrected chi connectivity index (χ1v) is 8.02. The first-order valence-electron chi connectivity index (χ1n) is 3.93. The largest absolute Gasteiger partial charge is 0.390 e. The summed E-state index contributed by atoms with van der Waals surface area (Å²) in [6.07, 6.45) is 0. The minimum Gasteiger partial charge on any atom is -0.390 e. The summed E-state index contributed by atoms with van der Waals surface area (Å²) >= 11 is 7.96. The fourth-order valence-electron chi connectivity index (χ4n) is 0.705. The van der Waals surface area contributed by atoms with Crippen LogP contribution in [0.15, 0.2) is 18.2 Å². The molecular weight excluding hydrogens is 253 g/mol. The molecule has 1 heterocycles. The lowest BCUT2D eigenvalue weighted by Gasteiger charge is -1.96. The minimum absolute atomic E-state index is 0.0756. The first-order chi connectivity index (χ1) is 6.86. The highest BCUT2D eigenvalue weighted by Gasteiger charge is 1.92. The second kappa shape index (κ2) is 7.29. The minimum atomic E-state index is -2.11. The van der Waals surface area contributed by atoms with Gasteiger partial charge in [0.1, 0.15) is 5.54 Å². The van der Waals surface area contributed by atoms with Gasteiger partial charge in [0, 0.05) is 0 Å². The van der Waals surface area contributed by atoms with Gasteiger partial charge in [0.2, 0.25) is 0 Å². The maximum Gasteiger partial charge on any atom is 0.119 e. The van der Waals surface area contributed by atoms with Crippen molar-refractivity contribution in [1.29, 1.82) is 0 Å². The number of hydrogen-bond donors (Lipinski definition) is 5. The van der Waals surface area contributed by atoms with Crippen molar-refractivity contribution >= 4 is 29.6 Å². The molecule has 0 radical (unpaired) electrons. The van der Waals surface area contributed by atoms with Crippen LogP contribution in [0.2, 0.25) is 0 Å². The number of aromatic nitrogens is 1. The molecule has 0 aliphatic carbocycles. The zero-order chi connectivity index (χ0) is 11.9. The second-order valence-electron chi connectivity index (χ2n) is 2.61. The summed E-state index contributed by atoms with van der Waals surface area (Å²) in [5.41, 5.74) is 8.91. The average molecular weight is 267 g/mol. The standard InChI is InChI=1S/C7H9NO2.H5N2PS2/c9-4-6-2-1-3-7(5-10)8-6;1-3(2,4)5/h1-3,9-10H,4-5H2;(H5,1,2,4,5). The molecule has 15 heavy (non-hydrogen) atoms. The van der Waals surface area contributed by atoms with Crippen molar-refractivity contribution in [1.82, 2.24) is 4.98 Å². The lowest BCUT2D eigenvalue weighted by atomic mass is 10.3. The van der Waals surface area contributed by atoms with Crippen LogP contribution < -0.4 is 11.0 Å². The molecule has 0 aliphatic heterocycles. The Morgan fingerprint density at radius 3 is 1.87 bits per heavy atom. The number of nitrogens with two attached hydrogens (primary N) is 2. The SMILES string of the molecule is NP(N)(=S)S.OCc1cccc(CO)n1. The number of thiol groups is 1. The highest BCUT2D eigenvalue weighted by molar-refractivity contribution is 8.61. The van der Waals surface area contributed by atoms with Gasteiger partial charge >= 0.3 is 0 Å². The Balaban J connectivity index is 0.000000336. The monoisotopic (exact) mass is 267 g/mol. The van der Waals surface area contributed by atoms with Crippen molar-refractivity contribution < 1.29 is 10.2 Å². The summed E-state index contributed by atoms with van der Waals surface area (Å²) in [6.45, 7) is -0.151. The van der Waals surface area contributed by atoms with Gasteiger partial charge in [-0.1, -0.05) is 17.9 Å². The van der Waals surface area contributed by atoms with Crippen molar-refractivity contribution in [2.75, 3.05) is 0 Å². The lowest BCUT2D eigenvalue weighted by molar-refractivity contribution is 0.265. The Kier molecular flexibility index (Phi) is 7.29. The number of pyridine rings is 1. The van der Waals surface area contributed by atoms with Gasteiger partial charge in [-0.15, -0.1) is 12.2 Å². The molecule has 0 aromatic carbocycles. The highest BCUT2D eigenvalue weighted by Crippen LogP contribution is 2.29. The van der Waals surface area contributed by atoms with Gasteiger partial charge in [0.05, 0.1) is 24.6 Å². The third kappa shape index (κ3) is 10.3. The fourth-order valence-corrected chi connectivity index (χ4v) is 0.705. The highest BCUT2D eigenvalue weighted by atomic mass is 32.9. The summed E-state index contributed by atoms with van der Waals surface area (Å²) in [5, 5.41) is 17.2. The molecule has 1 aromatic rings. The molecular formula is C7H14N3O2PS2. The molecule has 0 amide bonds. The van der Waals surface area contributed by atoms with Crippen LogP contribution in [-0.4, -0.2) is 15.2 Å². The van der Waals surface area contributed by atoms with Crippen molar-refractivity contribution in [2.45, 2.75) is 13.2 Å². The van der Waals surface area contributed by atoms with E-state index in [1.165, 1.54) is 0 Å². The van der Waals surface area contributed by atoms with Crippen LogP contribution in [0.1, 0.15) is 11.4 Å². The van der Waals surface area contributed by atoms with Crippen LogP contribution in [0.3, 0.4) is 0 Å². The van der Waals surface area contributed by atoms with E-state index in [4.69, 9.17) is 21.2 Å². The van der Waals surface area contributed by atoms with Gasteiger partial charge < -0.3 is 10.2 Å². The molecule has 0 spiro atoms. The van der Waals surface area contributed by atoms with Gasteiger partial charge in [0.15, 0.2) is 0 Å².